The van der Waals surface area contributed by atoms with Crippen LogP contribution in [0.25, 0.3) is 0 Å². The minimum Gasteiger partial charge on any atom is -0.465 e. The van der Waals surface area contributed by atoms with Crippen molar-refractivity contribution in [3.8, 4) is 0 Å². The van der Waals surface area contributed by atoms with Crippen LogP contribution in [0, 0.1) is 13.8 Å². The third kappa shape index (κ3) is 5.48. The van der Waals surface area contributed by atoms with Gasteiger partial charge in [0.05, 0.1) is 18.4 Å². The lowest BCUT2D eigenvalue weighted by molar-refractivity contribution is 0.0602. The number of aromatic nitrogens is 2. The fourth-order valence-electron chi connectivity index (χ4n) is 4.24. The van der Waals surface area contributed by atoms with Gasteiger partial charge in [-0.05, 0) is 37.7 Å². The molecule has 0 aliphatic carbocycles. The minimum absolute atomic E-state index is 0.354. The van der Waals surface area contributed by atoms with Crippen molar-refractivity contribution >= 4 is 39.6 Å². The standard InChI is InChI=1S/C25H31N5O2S2/c1-17-22(18(2)28(3)27-17)16-29-10-12-30(13-11-29)25(33)26-23-21(24(31)32-4)15-20(34-23)14-19-8-6-5-7-9-19/h5-9,15H,10-14,16H2,1-4H3,(H,26,33). The zero-order valence-electron chi connectivity index (χ0n) is 20.1. The molecule has 0 amide bonds. The second kappa shape index (κ2) is 10.7. The van der Waals surface area contributed by atoms with Gasteiger partial charge in [0.15, 0.2) is 5.11 Å². The molecule has 0 saturated carbocycles. The van der Waals surface area contributed by atoms with Gasteiger partial charge in [-0.2, -0.15) is 5.10 Å². The van der Waals surface area contributed by atoms with E-state index in [0.29, 0.717) is 10.7 Å². The number of piperazine rings is 1. The van der Waals surface area contributed by atoms with E-state index in [4.69, 9.17) is 17.0 Å². The molecule has 34 heavy (non-hydrogen) atoms. The van der Waals surface area contributed by atoms with E-state index in [2.05, 4.69) is 46.2 Å². The van der Waals surface area contributed by atoms with E-state index in [9.17, 15) is 4.79 Å². The van der Waals surface area contributed by atoms with Crippen molar-refractivity contribution in [3.05, 3.63) is 69.4 Å². The molecule has 0 spiro atoms. The van der Waals surface area contributed by atoms with Crippen LogP contribution in [0.1, 0.15) is 37.7 Å². The summed E-state index contributed by atoms with van der Waals surface area (Å²) in [4.78, 5) is 18.1. The Balaban J connectivity index is 1.39. The van der Waals surface area contributed by atoms with Gasteiger partial charge in [-0.1, -0.05) is 30.3 Å². The first-order chi connectivity index (χ1) is 16.4. The van der Waals surface area contributed by atoms with Crippen LogP contribution in [0.5, 0.6) is 0 Å². The average Bonchev–Trinajstić information content (AvgIpc) is 3.34. The van der Waals surface area contributed by atoms with Crippen LogP contribution in [0.3, 0.4) is 0 Å². The Labute approximate surface area is 210 Å². The summed E-state index contributed by atoms with van der Waals surface area (Å²) in [6, 6.07) is 12.1. The Kier molecular flexibility index (Phi) is 7.65. The van der Waals surface area contributed by atoms with E-state index >= 15 is 0 Å². The quantitative estimate of drug-likeness (QED) is 0.408. The number of aryl methyl sites for hydroxylation is 2. The van der Waals surface area contributed by atoms with E-state index in [1.165, 1.54) is 23.9 Å². The number of rotatable bonds is 6. The van der Waals surface area contributed by atoms with Gasteiger partial charge < -0.3 is 15.0 Å². The van der Waals surface area contributed by atoms with Crippen molar-refractivity contribution in [2.45, 2.75) is 26.8 Å². The number of thiocarbonyl (C=S) groups is 1. The number of hydrogen-bond donors (Lipinski definition) is 1. The molecule has 0 radical (unpaired) electrons. The summed E-state index contributed by atoms with van der Waals surface area (Å²) in [5.41, 5.74) is 5.35. The third-order valence-electron chi connectivity index (χ3n) is 6.33. The summed E-state index contributed by atoms with van der Waals surface area (Å²) in [6.45, 7) is 8.60. The van der Waals surface area contributed by atoms with Gasteiger partial charge in [-0.3, -0.25) is 9.58 Å². The molecule has 1 fully saturated rings. The topological polar surface area (TPSA) is 62.6 Å². The lowest BCUT2D eigenvalue weighted by Gasteiger charge is -2.36. The van der Waals surface area contributed by atoms with Gasteiger partial charge in [0.1, 0.15) is 5.00 Å². The molecule has 1 aliphatic rings. The number of hydrogen-bond acceptors (Lipinski definition) is 6. The second-order valence-electron chi connectivity index (χ2n) is 8.58. The van der Waals surface area contributed by atoms with Crippen molar-refractivity contribution in [3.63, 3.8) is 0 Å². The van der Waals surface area contributed by atoms with Gasteiger partial charge in [-0.15, -0.1) is 11.3 Å². The lowest BCUT2D eigenvalue weighted by Crippen LogP contribution is -2.49. The van der Waals surface area contributed by atoms with Gasteiger partial charge >= 0.3 is 5.97 Å². The van der Waals surface area contributed by atoms with Crippen LogP contribution < -0.4 is 5.32 Å². The molecule has 180 valence electrons. The SMILES string of the molecule is COC(=O)c1cc(Cc2ccccc2)sc1NC(=S)N1CCN(Cc2c(C)nn(C)c2C)CC1. The monoisotopic (exact) mass is 497 g/mol. The summed E-state index contributed by atoms with van der Waals surface area (Å²) in [7, 11) is 3.40. The van der Waals surface area contributed by atoms with Gasteiger partial charge in [0.2, 0.25) is 0 Å². The number of anilines is 1. The Morgan fingerprint density at radius 2 is 1.88 bits per heavy atom. The summed E-state index contributed by atoms with van der Waals surface area (Å²) in [5.74, 6) is -0.354. The van der Waals surface area contributed by atoms with Crippen LogP contribution in [-0.2, 0) is 24.8 Å². The van der Waals surface area contributed by atoms with Gasteiger partial charge in [-0.25, -0.2) is 4.79 Å². The maximum atomic E-state index is 12.4. The largest absolute Gasteiger partial charge is 0.465 e. The molecule has 1 aliphatic heterocycles. The summed E-state index contributed by atoms with van der Waals surface area (Å²) < 4.78 is 6.97. The molecular formula is C25H31N5O2S2. The highest BCUT2D eigenvalue weighted by Crippen LogP contribution is 2.31. The average molecular weight is 498 g/mol. The van der Waals surface area contributed by atoms with Crippen LogP contribution in [0.2, 0.25) is 0 Å². The summed E-state index contributed by atoms with van der Waals surface area (Å²) >= 11 is 7.28. The Morgan fingerprint density at radius 3 is 2.50 bits per heavy atom. The molecule has 9 heteroatoms. The van der Waals surface area contributed by atoms with Gasteiger partial charge in [0.25, 0.3) is 0 Å². The van der Waals surface area contributed by atoms with E-state index in [1.807, 2.05) is 36.0 Å². The highest BCUT2D eigenvalue weighted by molar-refractivity contribution is 7.80. The smallest absolute Gasteiger partial charge is 0.340 e. The first-order valence-electron chi connectivity index (χ1n) is 11.4. The molecular weight excluding hydrogens is 466 g/mol. The molecule has 3 aromatic rings. The number of esters is 1. The third-order valence-corrected chi connectivity index (χ3v) is 7.74. The minimum atomic E-state index is -0.354. The number of carbonyl (C=O) groups excluding carboxylic acids is 1. The number of ether oxygens (including phenoxy) is 1. The molecule has 0 bridgehead atoms. The van der Waals surface area contributed by atoms with Crippen molar-refractivity contribution in [1.29, 1.82) is 0 Å². The Bertz CT molecular complexity index is 1160. The molecule has 1 N–H and O–H groups in total. The van der Waals surface area contributed by atoms with Crippen LogP contribution in [0.15, 0.2) is 36.4 Å². The fourth-order valence-corrected chi connectivity index (χ4v) is 5.66. The molecule has 0 atom stereocenters. The highest BCUT2D eigenvalue weighted by Gasteiger charge is 2.23. The molecule has 1 aromatic carbocycles. The maximum absolute atomic E-state index is 12.4. The predicted molar refractivity (Wildman–Crippen MR) is 141 cm³/mol. The zero-order valence-corrected chi connectivity index (χ0v) is 21.8. The second-order valence-corrected chi connectivity index (χ2v) is 10.1. The number of nitrogens with zero attached hydrogens (tertiary/aromatic N) is 4. The number of methoxy groups -OCH3 is 1. The Morgan fingerprint density at radius 1 is 1.18 bits per heavy atom. The predicted octanol–water partition coefficient (Wildman–Crippen LogP) is 3.99. The number of carbonyl (C=O) groups is 1. The summed E-state index contributed by atoms with van der Waals surface area (Å²) in [6.07, 6.45) is 0.760. The van der Waals surface area contributed by atoms with E-state index in [0.717, 1.165) is 54.7 Å². The normalized spacial score (nSPS) is 14.3. The molecule has 4 rings (SSSR count). The first-order valence-corrected chi connectivity index (χ1v) is 12.6. The van der Waals surface area contributed by atoms with E-state index in [-0.39, 0.29) is 5.97 Å². The maximum Gasteiger partial charge on any atom is 0.340 e. The Hall–Kier alpha value is -2.75. The first kappa shape index (κ1) is 24.4. The van der Waals surface area contributed by atoms with Crippen molar-refractivity contribution in [1.82, 2.24) is 19.6 Å². The van der Waals surface area contributed by atoms with Crippen molar-refractivity contribution < 1.29 is 9.53 Å². The van der Waals surface area contributed by atoms with Crippen LogP contribution in [0.4, 0.5) is 5.00 Å². The van der Waals surface area contributed by atoms with E-state index in [1.54, 1.807) is 11.3 Å². The lowest BCUT2D eigenvalue weighted by atomic mass is 10.1. The van der Waals surface area contributed by atoms with E-state index < -0.39 is 0 Å². The number of nitrogens with one attached hydrogen (secondary N) is 1. The van der Waals surface area contributed by atoms with Crippen LogP contribution >= 0.6 is 23.6 Å². The zero-order chi connectivity index (χ0) is 24.2. The molecule has 2 aromatic heterocycles. The number of benzene rings is 1. The van der Waals surface area contributed by atoms with Crippen molar-refractivity contribution in [2.75, 3.05) is 38.6 Å². The van der Waals surface area contributed by atoms with Crippen molar-refractivity contribution in [2.24, 2.45) is 7.05 Å². The number of thiophene rings is 1. The molecule has 0 unspecified atom stereocenters. The molecule has 3 heterocycles. The highest BCUT2D eigenvalue weighted by atomic mass is 32.1. The summed E-state index contributed by atoms with van der Waals surface area (Å²) in [5, 5.41) is 9.25. The van der Waals surface area contributed by atoms with Gasteiger partial charge in [0, 0.05) is 62.3 Å². The van der Waals surface area contributed by atoms with Crippen LogP contribution in [-0.4, -0.2) is 64.0 Å². The molecule has 1 saturated heterocycles. The fraction of sp³-hybridized carbons (Fsp3) is 0.400. The molecule has 7 nitrogen and oxygen atoms in total.